The lowest BCUT2D eigenvalue weighted by molar-refractivity contribution is -0.138. The number of hydrogen-bond acceptors (Lipinski definition) is 8. The van der Waals surface area contributed by atoms with Crippen LogP contribution in [0.15, 0.2) is 35.5 Å². The molecule has 200 valence electrons. The normalized spacial score (nSPS) is 15.2. The third-order valence-corrected chi connectivity index (χ3v) is 6.02. The number of carbonyl (C=O) groups is 1. The summed E-state index contributed by atoms with van der Waals surface area (Å²) in [6.07, 6.45) is 0.670. The maximum absolute atomic E-state index is 12.3. The van der Waals surface area contributed by atoms with Gasteiger partial charge in [-0.2, -0.15) is 18.3 Å². The van der Waals surface area contributed by atoms with Crippen LogP contribution in [0.4, 0.5) is 19.1 Å². The molecular weight excluding hydrogens is 513 g/mol. The Morgan fingerprint density at radius 1 is 1.14 bits per heavy atom. The highest BCUT2D eigenvalue weighted by Gasteiger charge is 2.31. The molecule has 0 spiro atoms. The van der Waals surface area contributed by atoms with E-state index in [0.717, 1.165) is 55.8 Å². The molecular formula is C24H28ClF3N6O3. The standard InChI is InChI=1S/C14H15ClN2O3.C10H13F3N4/c1-9(20-5-3-2-4-18)11-6-10(15)7-12-13(11)8-16-17-14(12)19;1-16-2-4-17(5-3-16)9-14-6-8(7-15-9)10(11,12)13/h4,6-9H,2-3,5H2,1H3,(H,17,19);6-7H,2-5H2,1H3. The van der Waals surface area contributed by atoms with Crippen molar-refractivity contribution in [3.63, 3.8) is 0 Å². The summed E-state index contributed by atoms with van der Waals surface area (Å²) < 4.78 is 42.6. The van der Waals surface area contributed by atoms with Crippen LogP contribution in [-0.4, -0.2) is 71.2 Å². The molecule has 4 rings (SSSR count). The minimum Gasteiger partial charge on any atom is -0.374 e. The zero-order valence-electron chi connectivity index (χ0n) is 20.5. The summed E-state index contributed by atoms with van der Waals surface area (Å²) in [6.45, 7) is 5.57. The molecule has 1 N–H and O–H groups in total. The van der Waals surface area contributed by atoms with E-state index in [1.54, 1.807) is 18.3 Å². The second kappa shape index (κ2) is 12.9. The maximum atomic E-state index is 12.3. The number of rotatable bonds is 7. The highest BCUT2D eigenvalue weighted by molar-refractivity contribution is 6.31. The molecule has 1 aliphatic rings. The Labute approximate surface area is 216 Å². The number of benzene rings is 1. The first-order chi connectivity index (χ1) is 17.6. The Bertz CT molecular complexity index is 1230. The van der Waals surface area contributed by atoms with Gasteiger partial charge in [0, 0.05) is 62.0 Å². The summed E-state index contributed by atoms with van der Waals surface area (Å²) in [5.74, 6) is 0.367. The lowest BCUT2D eigenvalue weighted by atomic mass is 10.0. The molecule has 3 heterocycles. The molecule has 1 unspecified atom stereocenters. The molecule has 1 aliphatic heterocycles. The summed E-state index contributed by atoms with van der Waals surface area (Å²) in [6, 6.07) is 3.38. The van der Waals surface area contributed by atoms with Crippen LogP contribution in [0.1, 0.15) is 37.0 Å². The molecule has 1 saturated heterocycles. The van der Waals surface area contributed by atoms with E-state index in [0.29, 0.717) is 35.8 Å². The van der Waals surface area contributed by atoms with Crippen LogP contribution in [0.25, 0.3) is 10.8 Å². The Kier molecular flexibility index (Phi) is 9.95. The van der Waals surface area contributed by atoms with Crippen LogP contribution in [0.2, 0.25) is 5.02 Å². The molecule has 0 amide bonds. The van der Waals surface area contributed by atoms with Gasteiger partial charge in [-0.1, -0.05) is 11.6 Å². The number of nitrogens with one attached hydrogen (secondary N) is 1. The summed E-state index contributed by atoms with van der Waals surface area (Å²) in [4.78, 5) is 33.6. The van der Waals surface area contributed by atoms with Gasteiger partial charge < -0.3 is 19.3 Å². The highest BCUT2D eigenvalue weighted by atomic mass is 35.5. The molecule has 13 heteroatoms. The van der Waals surface area contributed by atoms with Gasteiger partial charge in [0.1, 0.15) is 6.29 Å². The van der Waals surface area contributed by atoms with Crippen molar-refractivity contribution in [1.82, 2.24) is 25.1 Å². The maximum Gasteiger partial charge on any atom is 0.419 e. The molecule has 0 aliphatic carbocycles. The van der Waals surface area contributed by atoms with Crippen molar-refractivity contribution in [3.8, 4) is 0 Å². The van der Waals surface area contributed by atoms with Crippen molar-refractivity contribution in [2.24, 2.45) is 0 Å². The van der Waals surface area contributed by atoms with Gasteiger partial charge in [0.05, 0.1) is 23.3 Å². The zero-order valence-corrected chi connectivity index (χ0v) is 21.2. The Balaban J connectivity index is 0.000000208. The van der Waals surface area contributed by atoms with Crippen LogP contribution in [0.3, 0.4) is 0 Å². The molecule has 0 radical (unpaired) electrons. The van der Waals surface area contributed by atoms with E-state index < -0.39 is 11.7 Å². The van der Waals surface area contributed by atoms with Gasteiger partial charge in [0.15, 0.2) is 0 Å². The van der Waals surface area contributed by atoms with Gasteiger partial charge in [-0.05, 0) is 38.1 Å². The molecule has 2 aromatic heterocycles. The van der Waals surface area contributed by atoms with E-state index >= 15 is 0 Å². The molecule has 1 fully saturated rings. The number of ether oxygens (including phenoxy) is 1. The van der Waals surface area contributed by atoms with Crippen molar-refractivity contribution in [1.29, 1.82) is 0 Å². The van der Waals surface area contributed by atoms with Crippen molar-refractivity contribution in [2.75, 3.05) is 44.7 Å². The Morgan fingerprint density at radius 3 is 2.43 bits per heavy atom. The summed E-state index contributed by atoms with van der Waals surface area (Å²) >= 11 is 6.05. The van der Waals surface area contributed by atoms with E-state index in [1.165, 1.54) is 0 Å². The fourth-order valence-corrected chi connectivity index (χ4v) is 3.90. The van der Waals surface area contributed by atoms with Crippen molar-refractivity contribution >= 4 is 34.6 Å². The van der Waals surface area contributed by atoms with E-state index in [9.17, 15) is 22.8 Å². The monoisotopic (exact) mass is 540 g/mol. The van der Waals surface area contributed by atoms with Gasteiger partial charge in [0.25, 0.3) is 5.56 Å². The van der Waals surface area contributed by atoms with E-state index in [1.807, 2.05) is 18.9 Å². The van der Waals surface area contributed by atoms with Gasteiger partial charge in [0.2, 0.25) is 5.95 Å². The number of aromatic nitrogens is 4. The second-order valence-electron chi connectivity index (χ2n) is 8.54. The average molecular weight is 541 g/mol. The SMILES string of the molecule is CC(OCCCC=O)c1cc(Cl)cc2c(=O)[nH]ncc12.CN1CCN(c2ncc(C(F)(F)F)cn2)CC1. The summed E-state index contributed by atoms with van der Waals surface area (Å²) in [5.41, 5.74) is -0.271. The van der Waals surface area contributed by atoms with Crippen molar-refractivity contribution < 1.29 is 22.7 Å². The largest absolute Gasteiger partial charge is 0.419 e. The zero-order chi connectivity index (χ0) is 27.0. The Hall–Kier alpha value is -3.09. The summed E-state index contributed by atoms with van der Waals surface area (Å²) in [7, 11) is 2.00. The third kappa shape index (κ3) is 7.94. The number of anilines is 1. The molecule has 9 nitrogen and oxygen atoms in total. The van der Waals surface area contributed by atoms with Gasteiger partial charge in [-0.15, -0.1) is 0 Å². The molecule has 3 aromatic rings. The van der Waals surface area contributed by atoms with E-state index in [4.69, 9.17) is 16.3 Å². The number of aldehydes is 1. The van der Waals surface area contributed by atoms with Crippen LogP contribution in [0, 0.1) is 0 Å². The van der Waals surface area contributed by atoms with E-state index in [-0.39, 0.29) is 11.7 Å². The fraction of sp³-hybridized carbons (Fsp3) is 0.458. The lowest BCUT2D eigenvalue weighted by Crippen LogP contribution is -2.45. The number of halogens is 4. The number of unbranched alkanes of at least 4 members (excludes halogenated alkanes) is 1. The fourth-order valence-electron chi connectivity index (χ4n) is 3.68. The van der Waals surface area contributed by atoms with Crippen LogP contribution in [-0.2, 0) is 15.7 Å². The van der Waals surface area contributed by atoms with Gasteiger partial charge >= 0.3 is 6.18 Å². The number of carbonyl (C=O) groups excluding carboxylic acids is 1. The van der Waals surface area contributed by atoms with Crippen LogP contribution >= 0.6 is 11.6 Å². The van der Waals surface area contributed by atoms with Gasteiger partial charge in [-0.25, -0.2) is 15.1 Å². The van der Waals surface area contributed by atoms with Crippen LogP contribution < -0.4 is 10.5 Å². The first kappa shape index (κ1) is 28.5. The predicted molar refractivity (Wildman–Crippen MR) is 134 cm³/mol. The number of fused-ring (bicyclic) bond motifs is 1. The molecule has 0 saturated carbocycles. The van der Waals surface area contributed by atoms with Gasteiger partial charge in [-0.3, -0.25) is 4.79 Å². The third-order valence-electron chi connectivity index (χ3n) is 5.80. The number of piperazine rings is 1. The first-order valence-electron chi connectivity index (χ1n) is 11.6. The number of alkyl halides is 3. The number of aromatic amines is 1. The predicted octanol–water partition coefficient (Wildman–Crippen LogP) is 3.88. The van der Waals surface area contributed by atoms with Crippen LogP contribution in [0.5, 0.6) is 0 Å². The molecule has 0 bridgehead atoms. The van der Waals surface area contributed by atoms with Crippen molar-refractivity contribution in [3.05, 3.63) is 57.2 Å². The number of likely N-dealkylation sites (N-methyl/N-ethyl adjacent to an activating group) is 1. The minimum atomic E-state index is -4.37. The number of H-pyrrole nitrogens is 1. The molecule has 1 aromatic carbocycles. The number of nitrogens with zero attached hydrogens (tertiary/aromatic N) is 5. The van der Waals surface area contributed by atoms with E-state index in [2.05, 4.69) is 25.1 Å². The average Bonchev–Trinajstić information content (AvgIpc) is 2.87. The topological polar surface area (TPSA) is 104 Å². The lowest BCUT2D eigenvalue weighted by Gasteiger charge is -2.32. The molecule has 1 atom stereocenters. The smallest absolute Gasteiger partial charge is 0.374 e. The number of hydrogen-bond donors (Lipinski definition) is 1. The summed E-state index contributed by atoms with van der Waals surface area (Å²) in [5, 5.41) is 7.89. The second-order valence-corrected chi connectivity index (χ2v) is 8.97. The minimum absolute atomic E-state index is 0.230. The van der Waals surface area contributed by atoms with Crippen molar-refractivity contribution in [2.45, 2.75) is 32.0 Å². The highest BCUT2D eigenvalue weighted by Crippen LogP contribution is 2.29. The Morgan fingerprint density at radius 2 is 1.81 bits per heavy atom. The molecule has 37 heavy (non-hydrogen) atoms. The first-order valence-corrected chi connectivity index (χ1v) is 12.0. The quantitative estimate of drug-likeness (QED) is 0.356.